The van der Waals surface area contributed by atoms with E-state index in [1.54, 1.807) is 18.3 Å². The number of nitrogens with one attached hydrogen (secondary N) is 1. The number of pyridine rings is 1. The van der Waals surface area contributed by atoms with Gasteiger partial charge in [-0.05, 0) is 31.0 Å². The summed E-state index contributed by atoms with van der Waals surface area (Å²) in [5.74, 6) is -0.283. The van der Waals surface area contributed by atoms with Crippen molar-refractivity contribution in [2.45, 2.75) is 25.1 Å². The number of amides is 1. The van der Waals surface area contributed by atoms with Gasteiger partial charge < -0.3 is 10.2 Å². The second-order valence-corrected chi connectivity index (χ2v) is 6.20. The van der Waals surface area contributed by atoms with E-state index in [1.165, 1.54) is 34.1 Å². The third-order valence-electron chi connectivity index (χ3n) is 4.44. The summed E-state index contributed by atoms with van der Waals surface area (Å²) >= 11 is 0. The van der Waals surface area contributed by atoms with Crippen LogP contribution in [0.4, 0.5) is 24.7 Å². The number of anilines is 2. The summed E-state index contributed by atoms with van der Waals surface area (Å²) in [6.07, 6.45) is 2.04. The second kappa shape index (κ2) is 6.53. The molecule has 1 aliphatic rings. The maximum Gasteiger partial charge on any atom is 0.408 e. The van der Waals surface area contributed by atoms with Gasteiger partial charge in [-0.15, -0.1) is 0 Å². The molecule has 140 valence electrons. The van der Waals surface area contributed by atoms with Crippen LogP contribution >= 0.6 is 0 Å². The summed E-state index contributed by atoms with van der Waals surface area (Å²) in [4.78, 5) is 22.0. The lowest BCUT2D eigenvalue weighted by molar-refractivity contribution is -0.146. The second-order valence-electron chi connectivity index (χ2n) is 6.20. The Kier molecular flexibility index (Phi) is 4.17. The van der Waals surface area contributed by atoms with Crippen LogP contribution in [0.1, 0.15) is 23.2 Å². The predicted octanol–water partition coefficient (Wildman–Crippen LogP) is 2.91. The average Bonchev–Trinajstić information content (AvgIpc) is 3.29. The number of carbonyl (C=O) groups excluding carboxylic acids is 1. The Bertz CT molecular complexity index is 972. The largest absolute Gasteiger partial charge is 0.408 e. The van der Waals surface area contributed by atoms with Crippen LogP contribution in [-0.2, 0) is 0 Å². The van der Waals surface area contributed by atoms with E-state index >= 15 is 0 Å². The number of carbonyl (C=O) groups is 1. The molecule has 0 radical (unpaired) electrons. The van der Waals surface area contributed by atoms with Crippen LogP contribution in [0.2, 0.25) is 0 Å². The molecule has 7 nitrogen and oxygen atoms in total. The van der Waals surface area contributed by atoms with E-state index in [2.05, 4.69) is 20.4 Å². The Morgan fingerprint density at radius 3 is 2.85 bits per heavy atom. The van der Waals surface area contributed by atoms with Gasteiger partial charge in [0, 0.05) is 18.9 Å². The Morgan fingerprint density at radius 1 is 1.26 bits per heavy atom. The molecular weight excluding hydrogens is 361 g/mol. The lowest BCUT2D eigenvalue weighted by Gasteiger charge is -2.27. The molecule has 4 heterocycles. The highest BCUT2D eigenvalue weighted by Crippen LogP contribution is 2.35. The van der Waals surface area contributed by atoms with E-state index in [4.69, 9.17) is 0 Å². The molecule has 0 unspecified atom stereocenters. The van der Waals surface area contributed by atoms with Gasteiger partial charge >= 0.3 is 6.18 Å². The molecule has 1 saturated heterocycles. The number of hydrogen-bond donors (Lipinski definition) is 1. The normalized spacial score (nSPS) is 17.4. The molecular formula is C17H15F3N6O. The molecule has 10 heteroatoms. The van der Waals surface area contributed by atoms with Crippen molar-refractivity contribution in [2.75, 3.05) is 16.8 Å². The summed E-state index contributed by atoms with van der Waals surface area (Å²) in [5.41, 5.74) is 0.861. The van der Waals surface area contributed by atoms with Crippen LogP contribution in [0.5, 0.6) is 0 Å². The summed E-state index contributed by atoms with van der Waals surface area (Å²) in [5, 5.41) is 6.72. The molecule has 0 saturated carbocycles. The minimum atomic E-state index is -4.33. The van der Waals surface area contributed by atoms with Crippen LogP contribution < -0.4 is 10.2 Å². The molecule has 3 aromatic rings. The number of rotatable bonds is 3. The first kappa shape index (κ1) is 17.3. The van der Waals surface area contributed by atoms with E-state index in [1.807, 2.05) is 0 Å². The molecule has 4 rings (SSSR count). The zero-order chi connectivity index (χ0) is 19.0. The Morgan fingerprint density at radius 2 is 2.11 bits per heavy atom. The van der Waals surface area contributed by atoms with E-state index in [-0.39, 0.29) is 30.0 Å². The standard InChI is InChI=1S/C17H15F3N6O/c18-17(19,20)13-4-2-7-25(13)14-5-8-26-15(24-14)12(10-22-26)16(27)23-11-3-1-6-21-9-11/h1,3,5-6,8-10,13H,2,4,7H2,(H,23,27)/t13-/m0/s1. The van der Waals surface area contributed by atoms with Crippen LogP contribution in [0.25, 0.3) is 5.65 Å². The molecule has 1 amide bonds. The molecule has 1 N–H and O–H groups in total. The van der Waals surface area contributed by atoms with Gasteiger partial charge in [0.25, 0.3) is 5.91 Å². The van der Waals surface area contributed by atoms with Gasteiger partial charge in [-0.2, -0.15) is 18.3 Å². The molecule has 1 atom stereocenters. The first-order valence-electron chi connectivity index (χ1n) is 8.32. The summed E-state index contributed by atoms with van der Waals surface area (Å²) in [6, 6.07) is 3.26. The minimum absolute atomic E-state index is 0.0317. The molecule has 0 aliphatic carbocycles. The fourth-order valence-electron chi connectivity index (χ4n) is 3.20. The highest BCUT2D eigenvalue weighted by Gasteiger charge is 2.46. The Balaban J connectivity index is 1.66. The molecule has 3 aromatic heterocycles. The van der Waals surface area contributed by atoms with Crippen molar-refractivity contribution in [3.05, 3.63) is 48.5 Å². The van der Waals surface area contributed by atoms with Crippen LogP contribution in [-0.4, -0.2) is 44.3 Å². The van der Waals surface area contributed by atoms with E-state index in [0.29, 0.717) is 12.1 Å². The Hall–Kier alpha value is -3.17. The highest BCUT2D eigenvalue weighted by molar-refractivity contribution is 6.08. The molecule has 1 aliphatic heterocycles. The fraction of sp³-hybridized carbons (Fsp3) is 0.294. The quantitative estimate of drug-likeness (QED) is 0.761. The van der Waals surface area contributed by atoms with Crippen LogP contribution in [0.3, 0.4) is 0 Å². The van der Waals surface area contributed by atoms with E-state index in [0.717, 1.165) is 0 Å². The molecule has 27 heavy (non-hydrogen) atoms. The van der Waals surface area contributed by atoms with Crippen molar-refractivity contribution >= 4 is 23.1 Å². The van der Waals surface area contributed by atoms with Gasteiger partial charge in [-0.3, -0.25) is 9.78 Å². The van der Waals surface area contributed by atoms with Crippen molar-refractivity contribution in [1.29, 1.82) is 0 Å². The van der Waals surface area contributed by atoms with Gasteiger partial charge in [-0.1, -0.05) is 0 Å². The average molecular weight is 376 g/mol. The summed E-state index contributed by atoms with van der Waals surface area (Å²) < 4.78 is 41.1. The first-order chi connectivity index (χ1) is 12.9. The van der Waals surface area contributed by atoms with Gasteiger partial charge in [0.2, 0.25) is 0 Å². The summed E-state index contributed by atoms with van der Waals surface area (Å²) in [7, 11) is 0. The Labute approximate surface area is 151 Å². The predicted molar refractivity (Wildman–Crippen MR) is 91.6 cm³/mol. The van der Waals surface area contributed by atoms with Crippen molar-refractivity contribution in [2.24, 2.45) is 0 Å². The number of fused-ring (bicyclic) bond motifs is 1. The lowest BCUT2D eigenvalue weighted by Crippen LogP contribution is -2.41. The number of aromatic nitrogens is 4. The maximum atomic E-state index is 13.2. The van der Waals surface area contributed by atoms with E-state index in [9.17, 15) is 18.0 Å². The van der Waals surface area contributed by atoms with Crippen molar-refractivity contribution in [3.63, 3.8) is 0 Å². The first-order valence-corrected chi connectivity index (χ1v) is 8.32. The van der Waals surface area contributed by atoms with Gasteiger partial charge in [0.15, 0.2) is 5.65 Å². The lowest BCUT2D eigenvalue weighted by atomic mass is 10.2. The minimum Gasteiger partial charge on any atom is -0.344 e. The van der Waals surface area contributed by atoms with Crippen molar-refractivity contribution in [1.82, 2.24) is 19.6 Å². The summed E-state index contributed by atoms with van der Waals surface area (Å²) in [6.45, 7) is 0.263. The molecule has 0 bridgehead atoms. The SMILES string of the molecule is O=C(Nc1cccnc1)c1cnn2ccc(N3CCC[C@H]3C(F)(F)F)nc12. The maximum absolute atomic E-state index is 13.2. The molecule has 0 aromatic carbocycles. The number of halogens is 3. The van der Waals surface area contributed by atoms with Crippen molar-refractivity contribution in [3.8, 4) is 0 Å². The van der Waals surface area contributed by atoms with Gasteiger partial charge in [-0.25, -0.2) is 9.50 Å². The van der Waals surface area contributed by atoms with Crippen LogP contribution in [0, 0.1) is 0 Å². The smallest absolute Gasteiger partial charge is 0.344 e. The molecule has 1 fully saturated rings. The van der Waals surface area contributed by atoms with Crippen LogP contribution in [0.15, 0.2) is 43.0 Å². The van der Waals surface area contributed by atoms with E-state index < -0.39 is 18.1 Å². The zero-order valence-electron chi connectivity index (χ0n) is 14.0. The molecule has 0 spiro atoms. The fourth-order valence-corrected chi connectivity index (χ4v) is 3.20. The third kappa shape index (κ3) is 3.29. The van der Waals surface area contributed by atoms with Gasteiger partial charge in [0.05, 0.1) is 18.1 Å². The van der Waals surface area contributed by atoms with Crippen molar-refractivity contribution < 1.29 is 18.0 Å². The number of alkyl halides is 3. The zero-order valence-corrected chi connectivity index (χ0v) is 14.0. The monoisotopic (exact) mass is 376 g/mol. The highest BCUT2D eigenvalue weighted by atomic mass is 19.4. The third-order valence-corrected chi connectivity index (χ3v) is 4.44. The van der Waals surface area contributed by atoms with Gasteiger partial charge in [0.1, 0.15) is 17.4 Å². The topological polar surface area (TPSA) is 75.4 Å². The number of nitrogens with zero attached hydrogens (tertiary/aromatic N) is 5. The number of hydrogen-bond acceptors (Lipinski definition) is 5.